The van der Waals surface area contributed by atoms with Gasteiger partial charge in [0.1, 0.15) is 0 Å². The van der Waals surface area contributed by atoms with Crippen molar-refractivity contribution in [1.82, 2.24) is 0 Å². The van der Waals surface area contributed by atoms with Crippen LogP contribution in [-0.4, -0.2) is 12.4 Å². The van der Waals surface area contributed by atoms with Crippen LogP contribution in [0.4, 0.5) is 11.4 Å². The lowest BCUT2D eigenvalue weighted by Crippen LogP contribution is -1.87. The Labute approximate surface area is 146 Å². The van der Waals surface area contributed by atoms with Crippen LogP contribution in [0.2, 0.25) is 0 Å². The minimum absolute atomic E-state index is 1.01. The zero-order valence-corrected chi connectivity index (χ0v) is 15.3. The molecule has 0 aliphatic carbocycles. The van der Waals surface area contributed by atoms with E-state index in [9.17, 15) is 0 Å². The molecule has 2 aromatic rings. The highest BCUT2D eigenvalue weighted by molar-refractivity contribution is 6.17. The third-order valence-electron chi connectivity index (χ3n) is 4.22. The van der Waals surface area contributed by atoms with Gasteiger partial charge in [0.25, 0.3) is 0 Å². The Morgan fingerprint density at radius 3 is 1.08 bits per heavy atom. The molecule has 2 nitrogen and oxygen atoms in total. The SMILES string of the molecule is CCc1cc(CC)cc(N=CC=Nc2cc(CC)cc(CC)c2)c1. The Morgan fingerprint density at radius 1 is 0.542 bits per heavy atom. The number of hydrogen-bond donors (Lipinski definition) is 0. The van der Waals surface area contributed by atoms with Crippen LogP contribution in [0.5, 0.6) is 0 Å². The van der Waals surface area contributed by atoms with Crippen molar-refractivity contribution in [3.8, 4) is 0 Å². The number of aryl methyl sites for hydroxylation is 4. The largest absolute Gasteiger partial charge is 0.255 e. The van der Waals surface area contributed by atoms with Crippen LogP contribution in [0.25, 0.3) is 0 Å². The normalized spacial score (nSPS) is 11.7. The van der Waals surface area contributed by atoms with Gasteiger partial charge in [-0.3, -0.25) is 9.98 Å². The van der Waals surface area contributed by atoms with Crippen molar-refractivity contribution in [2.45, 2.75) is 53.4 Å². The maximum atomic E-state index is 4.55. The molecular weight excluding hydrogens is 292 g/mol. The van der Waals surface area contributed by atoms with Gasteiger partial charge in [0.2, 0.25) is 0 Å². The van der Waals surface area contributed by atoms with Gasteiger partial charge in [-0.15, -0.1) is 0 Å². The Hall–Kier alpha value is -2.22. The van der Waals surface area contributed by atoms with Gasteiger partial charge in [0.05, 0.1) is 11.4 Å². The molecule has 0 aromatic heterocycles. The minimum Gasteiger partial charge on any atom is -0.255 e. The van der Waals surface area contributed by atoms with Crippen molar-refractivity contribution in [3.63, 3.8) is 0 Å². The molecule has 0 radical (unpaired) electrons. The van der Waals surface area contributed by atoms with Crippen LogP contribution < -0.4 is 0 Å². The van der Waals surface area contributed by atoms with E-state index in [2.05, 4.69) is 74.1 Å². The van der Waals surface area contributed by atoms with E-state index in [0.29, 0.717) is 0 Å². The highest BCUT2D eigenvalue weighted by Gasteiger charge is 1.98. The molecule has 0 aliphatic heterocycles. The lowest BCUT2D eigenvalue weighted by Gasteiger charge is -2.04. The minimum atomic E-state index is 1.01. The fraction of sp³-hybridized carbons (Fsp3) is 0.364. The molecule has 24 heavy (non-hydrogen) atoms. The molecule has 0 aliphatic rings. The molecule has 2 heteroatoms. The van der Waals surface area contributed by atoms with Gasteiger partial charge >= 0.3 is 0 Å². The standard InChI is InChI=1S/C22H28N2/c1-5-17-11-18(6-2)14-21(13-17)23-9-10-24-22-15-19(7-3)12-20(8-4)16-22/h9-16H,5-8H2,1-4H3. The van der Waals surface area contributed by atoms with Gasteiger partial charge in [-0.1, -0.05) is 39.8 Å². The second kappa shape index (κ2) is 9.17. The molecular formula is C22H28N2. The summed E-state index contributed by atoms with van der Waals surface area (Å²) in [5.74, 6) is 0. The first-order valence-electron chi connectivity index (χ1n) is 9.00. The third-order valence-corrected chi connectivity index (χ3v) is 4.22. The van der Waals surface area contributed by atoms with Gasteiger partial charge in [-0.2, -0.15) is 0 Å². The molecule has 0 N–H and O–H groups in total. The van der Waals surface area contributed by atoms with Crippen LogP contribution in [0.1, 0.15) is 49.9 Å². The number of rotatable bonds is 7. The lowest BCUT2D eigenvalue weighted by atomic mass is 10.1. The predicted molar refractivity (Wildman–Crippen MR) is 107 cm³/mol. The fourth-order valence-electron chi connectivity index (χ4n) is 2.69. The first-order chi connectivity index (χ1) is 11.7. The maximum absolute atomic E-state index is 4.55. The molecule has 2 aromatic carbocycles. The van der Waals surface area contributed by atoms with E-state index in [1.165, 1.54) is 22.3 Å². The zero-order chi connectivity index (χ0) is 17.4. The highest BCUT2D eigenvalue weighted by Crippen LogP contribution is 2.20. The van der Waals surface area contributed by atoms with Crippen molar-refractivity contribution in [2.75, 3.05) is 0 Å². The van der Waals surface area contributed by atoms with Crippen molar-refractivity contribution >= 4 is 23.8 Å². The molecule has 2 rings (SSSR count). The Kier molecular flexibility index (Phi) is 6.92. The van der Waals surface area contributed by atoms with Crippen LogP contribution in [-0.2, 0) is 25.7 Å². The summed E-state index contributed by atoms with van der Waals surface area (Å²) in [6, 6.07) is 13.1. The van der Waals surface area contributed by atoms with Crippen molar-refractivity contribution in [3.05, 3.63) is 58.7 Å². The third kappa shape index (κ3) is 5.16. The summed E-state index contributed by atoms with van der Waals surface area (Å²) in [7, 11) is 0. The molecule has 0 atom stereocenters. The van der Waals surface area contributed by atoms with Gasteiger partial charge in [0, 0.05) is 12.4 Å². The first-order valence-corrected chi connectivity index (χ1v) is 9.00. The van der Waals surface area contributed by atoms with Gasteiger partial charge in [-0.25, -0.2) is 0 Å². The molecule has 0 spiro atoms. The van der Waals surface area contributed by atoms with Crippen molar-refractivity contribution in [2.24, 2.45) is 9.98 Å². The monoisotopic (exact) mass is 320 g/mol. The number of nitrogens with zero attached hydrogens (tertiary/aromatic N) is 2. The Bertz CT molecular complexity index is 619. The van der Waals surface area contributed by atoms with E-state index in [0.717, 1.165) is 37.1 Å². The summed E-state index contributed by atoms with van der Waals surface area (Å²) < 4.78 is 0. The van der Waals surface area contributed by atoms with Crippen LogP contribution in [0, 0.1) is 0 Å². The second-order valence-electron chi connectivity index (χ2n) is 5.99. The zero-order valence-electron chi connectivity index (χ0n) is 15.3. The molecule has 0 fully saturated rings. The van der Waals surface area contributed by atoms with Crippen LogP contribution in [0.3, 0.4) is 0 Å². The van der Waals surface area contributed by atoms with E-state index in [4.69, 9.17) is 0 Å². The molecule has 0 unspecified atom stereocenters. The van der Waals surface area contributed by atoms with Gasteiger partial charge < -0.3 is 0 Å². The topological polar surface area (TPSA) is 24.7 Å². The summed E-state index contributed by atoms with van der Waals surface area (Å²) in [6.45, 7) is 8.71. The van der Waals surface area contributed by atoms with Crippen molar-refractivity contribution < 1.29 is 0 Å². The Morgan fingerprint density at radius 2 is 0.833 bits per heavy atom. The molecule has 126 valence electrons. The van der Waals surface area contributed by atoms with E-state index >= 15 is 0 Å². The average Bonchev–Trinajstić information content (AvgIpc) is 2.64. The maximum Gasteiger partial charge on any atom is 0.0635 e. The van der Waals surface area contributed by atoms with E-state index in [-0.39, 0.29) is 0 Å². The summed E-state index contributed by atoms with van der Waals surface area (Å²) in [6.07, 6.45) is 7.72. The summed E-state index contributed by atoms with van der Waals surface area (Å²) in [4.78, 5) is 9.10. The van der Waals surface area contributed by atoms with Crippen LogP contribution in [0.15, 0.2) is 46.4 Å². The number of aliphatic imine (C=N–C) groups is 2. The quantitative estimate of drug-likeness (QED) is 0.555. The lowest BCUT2D eigenvalue weighted by molar-refractivity contribution is 1.08. The molecule has 0 saturated heterocycles. The second-order valence-corrected chi connectivity index (χ2v) is 5.99. The summed E-state index contributed by atoms with van der Waals surface area (Å²) in [5, 5.41) is 0. The molecule has 0 heterocycles. The molecule has 0 saturated carbocycles. The Balaban J connectivity index is 2.15. The number of hydrogen-bond acceptors (Lipinski definition) is 2. The average molecular weight is 320 g/mol. The van der Waals surface area contributed by atoms with Gasteiger partial charge in [0.15, 0.2) is 0 Å². The first kappa shape index (κ1) is 18.1. The fourth-order valence-corrected chi connectivity index (χ4v) is 2.69. The van der Waals surface area contributed by atoms with Crippen molar-refractivity contribution in [1.29, 1.82) is 0 Å². The summed E-state index contributed by atoms with van der Waals surface area (Å²) >= 11 is 0. The van der Waals surface area contributed by atoms with Crippen LogP contribution >= 0.6 is 0 Å². The summed E-state index contributed by atoms with van der Waals surface area (Å²) in [5.41, 5.74) is 7.36. The van der Waals surface area contributed by atoms with E-state index in [1.807, 2.05) is 0 Å². The van der Waals surface area contributed by atoms with E-state index in [1.54, 1.807) is 12.4 Å². The highest BCUT2D eigenvalue weighted by atomic mass is 14.8. The van der Waals surface area contributed by atoms with E-state index < -0.39 is 0 Å². The van der Waals surface area contributed by atoms with Gasteiger partial charge in [-0.05, 0) is 72.2 Å². The molecule has 0 amide bonds. The predicted octanol–water partition coefficient (Wildman–Crippen LogP) is 6.04. The number of benzene rings is 2. The smallest absolute Gasteiger partial charge is 0.0635 e. The molecule has 0 bridgehead atoms.